The summed E-state index contributed by atoms with van der Waals surface area (Å²) in [6, 6.07) is 15.8. The van der Waals surface area contributed by atoms with Gasteiger partial charge in [-0.25, -0.2) is 9.37 Å². The number of hydrogen-bond donors (Lipinski definition) is 1. The maximum atomic E-state index is 13.5. The molecule has 0 fully saturated rings. The van der Waals surface area contributed by atoms with Crippen LogP contribution in [0.4, 0.5) is 10.1 Å². The van der Waals surface area contributed by atoms with Crippen LogP contribution in [0.25, 0.3) is 22.7 Å². The number of nitrogens with one attached hydrogen (secondary N) is 1. The predicted molar refractivity (Wildman–Crippen MR) is 128 cm³/mol. The molecule has 0 amide bonds. The average molecular weight is 523 g/mol. The highest BCUT2D eigenvalue weighted by molar-refractivity contribution is 9.10. The molecule has 8 nitrogen and oxygen atoms in total. The van der Waals surface area contributed by atoms with Gasteiger partial charge in [0.2, 0.25) is 0 Å². The predicted octanol–water partition coefficient (Wildman–Crippen LogP) is 6.02. The first-order valence-electron chi connectivity index (χ1n) is 9.89. The molecule has 1 aromatic heterocycles. The Kier molecular flexibility index (Phi) is 6.56. The number of non-ortho nitro benzene ring substituents is 1. The van der Waals surface area contributed by atoms with Crippen molar-refractivity contribution in [2.75, 3.05) is 7.11 Å². The monoisotopic (exact) mass is 522 g/mol. The fraction of sp³-hybridized carbons (Fsp3) is 0.0833. The first-order valence-corrected chi connectivity index (χ1v) is 10.7. The molecule has 0 saturated heterocycles. The summed E-state index contributed by atoms with van der Waals surface area (Å²) in [6.07, 6.45) is 1.63. The minimum atomic E-state index is -0.463. The van der Waals surface area contributed by atoms with E-state index in [1.165, 1.54) is 37.4 Å². The molecule has 0 aliphatic heterocycles. The summed E-state index contributed by atoms with van der Waals surface area (Å²) in [5, 5.41) is 20.5. The van der Waals surface area contributed by atoms with E-state index in [1.807, 2.05) is 0 Å². The van der Waals surface area contributed by atoms with Crippen LogP contribution in [0, 0.1) is 27.3 Å². The van der Waals surface area contributed by atoms with E-state index in [0.29, 0.717) is 38.4 Å². The quantitative estimate of drug-likeness (QED) is 0.180. The number of nitro benzene ring substituents is 1. The molecule has 0 saturated carbocycles. The Balaban J connectivity index is 1.60. The number of methoxy groups -OCH3 is 1. The number of nitrogens with zero attached hydrogens (tertiary/aromatic N) is 3. The number of ether oxygens (including phenoxy) is 2. The second kappa shape index (κ2) is 9.72. The summed E-state index contributed by atoms with van der Waals surface area (Å²) < 4.78 is 25.4. The normalized spacial score (nSPS) is 11.3. The molecule has 170 valence electrons. The average Bonchev–Trinajstić information content (AvgIpc) is 3.24. The lowest BCUT2D eigenvalue weighted by Gasteiger charge is -2.14. The number of benzene rings is 3. The van der Waals surface area contributed by atoms with Gasteiger partial charge in [-0.2, -0.15) is 5.26 Å². The van der Waals surface area contributed by atoms with Gasteiger partial charge in [0, 0.05) is 12.1 Å². The van der Waals surface area contributed by atoms with Crippen molar-refractivity contribution in [3.05, 3.63) is 92.0 Å². The highest BCUT2D eigenvalue weighted by atomic mass is 79.9. The van der Waals surface area contributed by atoms with Crippen LogP contribution in [-0.4, -0.2) is 22.0 Å². The number of imidazole rings is 1. The van der Waals surface area contributed by atoms with Crippen LogP contribution >= 0.6 is 15.9 Å². The number of fused-ring (bicyclic) bond motifs is 1. The van der Waals surface area contributed by atoms with E-state index in [4.69, 9.17) is 9.47 Å². The molecule has 4 aromatic rings. The zero-order chi connectivity index (χ0) is 24.2. The van der Waals surface area contributed by atoms with Crippen molar-refractivity contribution in [3.63, 3.8) is 0 Å². The van der Waals surface area contributed by atoms with E-state index >= 15 is 0 Å². The number of allylic oxidation sites excluding steroid dienone is 1. The third-order valence-corrected chi connectivity index (χ3v) is 5.50. The molecule has 3 aromatic carbocycles. The maximum absolute atomic E-state index is 13.5. The van der Waals surface area contributed by atoms with Crippen molar-refractivity contribution in [1.29, 1.82) is 5.26 Å². The van der Waals surface area contributed by atoms with Crippen molar-refractivity contribution in [3.8, 4) is 17.6 Å². The molecule has 10 heteroatoms. The molecule has 0 aliphatic rings. The number of nitriles is 1. The van der Waals surface area contributed by atoms with E-state index < -0.39 is 10.7 Å². The Morgan fingerprint density at radius 2 is 2.03 bits per heavy atom. The van der Waals surface area contributed by atoms with Gasteiger partial charge in [-0.3, -0.25) is 10.1 Å². The van der Waals surface area contributed by atoms with Gasteiger partial charge in [0.05, 0.1) is 33.1 Å². The van der Waals surface area contributed by atoms with Crippen molar-refractivity contribution >= 4 is 44.3 Å². The Bertz CT molecular complexity index is 1460. The minimum Gasteiger partial charge on any atom is -0.493 e. The fourth-order valence-corrected chi connectivity index (χ4v) is 3.84. The van der Waals surface area contributed by atoms with Crippen LogP contribution in [0.5, 0.6) is 11.5 Å². The summed E-state index contributed by atoms with van der Waals surface area (Å²) in [6.45, 7) is 0.168. The smallest absolute Gasteiger partial charge is 0.269 e. The molecule has 34 heavy (non-hydrogen) atoms. The summed E-state index contributed by atoms with van der Waals surface area (Å²) in [7, 11) is 1.49. The molecule has 0 bridgehead atoms. The van der Waals surface area contributed by atoms with E-state index in [9.17, 15) is 19.8 Å². The van der Waals surface area contributed by atoms with Crippen molar-refractivity contribution in [2.45, 2.75) is 6.61 Å². The Morgan fingerprint density at radius 3 is 2.71 bits per heavy atom. The molecular formula is C24H16BrFN4O4. The van der Waals surface area contributed by atoms with Crippen molar-refractivity contribution in [1.82, 2.24) is 9.97 Å². The molecule has 1 N–H and O–H groups in total. The summed E-state index contributed by atoms with van der Waals surface area (Å²) in [5.41, 5.74) is 2.69. The second-order valence-corrected chi connectivity index (χ2v) is 8.02. The summed E-state index contributed by atoms with van der Waals surface area (Å²) >= 11 is 3.48. The third kappa shape index (κ3) is 4.89. The number of nitro groups is 1. The number of halogens is 2. The van der Waals surface area contributed by atoms with Gasteiger partial charge in [0.15, 0.2) is 11.5 Å². The van der Waals surface area contributed by atoms with E-state index in [1.54, 1.807) is 30.3 Å². The first-order chi connectivity index (χ1) is 16.4. The van der Waals surface area contributed by atoms with Gasteiger partial charge < -0.3 is 14.5 Å². The standard InChI is InChI=1S/C24H16BrFN4O4/c1-33-22-10-15(8-16(12-27)24-28-20-7-4-17(26)11-21(20)29-24)9-19(25)23(22)34-13-14-2-5-18(6-3-14)30(31)32/h2-11H,13H2,1H3,(H,28,29)/b16-8-. The Morgan fingerprint density at radius 1 is 1.26 bits per heavy atom. The van der Waals surface area contributed by atoms with Crippen molar-refractivity contribution < 1.29 is 18.8 Å². The van der Waals surface area contributed by atoms with Crippen LogP contribution in [0.3, 0.4) is 0 Å². The Labute approximate surface area is 201 Å². The first kappa shape index (κ1) is 22.9. The molecular weight excluding hydrogens is 507 g/mol. The molecule has 0 spiro atoms. The highest BCUT2D eigenvalue weighted by Crippen LogP contribution is 2.38. The maximum Gasteiger partial charge on any atom is 0.269 e. The van der Waals surface area contributed by atoms with Crippen LogP contribution in [0.2, 0.25) is 0 Å². The lowest BCUT2D eigenvalue weighted by atomic mass is 10.1. The largest absolute Gasteiger partial charge is 0.493 e. The van der Waals surface area contributed by atoms with E-state index in [2.05, 4.69) is 32.0 Å². The SMILES string of the molecule is COc1cc(/C=C(/C#N)c2nc3ccc(F)cc3[nH]2)cc(Br)c1OCc1ccc([N+](=O)[O-])cc1. The summed E-state index contributed by atoms with van der Waals surface area (Å²) in [4.78, 5) is 17.7. The van der Waals surface area contributed by atoms with Crippen LogP contribution < -0.4 is 9.47 Å². The van der Waals surface area contributed by atoms with Gasteiger partial charge in [-0.1, -0.05) is 0 Å². The number of rotatable bonds is 7. The number of aromatic amines is 1. The molecule has 0 aliphatic carbocycles. The molecule has 0 unspecified atom stereocenters. The van der Waals surface area contributed by atoms with Crippen molar-refractivity contribution in [2.24, 2.45) is 0 Å². The van der Waals surface area contributed by atoms with E-state index in [0.717, 1.165) is 5.56 Å². The number of H-pyrrole nitrogens is 1. The zero-order valence-corrected chi connectivity index (χ0v) is 19.3. The Hall–Kier alpha value is -4.23. The third-order valence-electron chi connectivity index (χ3n) is 4.91. The molecule has 4 rings (SSSR count). The zero-order valence-electron chi connectivity index (χ0n) is 17.7. The lowest BCUT2D eigenvalue weighted by Crippen LogP contribution is -1.99. The number of hydrogen-bond acceptors (Lipinski definition) is 6. The van der Waals surface area contributed by atoms with Gasteiger partial charge in [0.1, 0.15) is 24.3 Å². The molecule has 0 radical (unpaired) electrons. The van der Waals surface area contributed by atoms with Gasteiger partial charge >= 0.3 is 0 Å². The fourth-order valence-electron chi connectivity index (χ4n) is 3.26. The van der Waals surface area contributed by atoms with Gasteiger partial charge in [0.25, 0.3) is 5.69 Å². The molecule has 0 atom stereocenters. The van der Waals surface area contributed by atoms with Crippen LogP contribution in [-0.2, 0) is 6.61 Å². The lowest BCUT2D eigenvalue weighted by molar-refractivity contribution is -0.384. The summed E-state index contributed by atoms with van der Waals surface area (Å²) in [5.74, 6) is 0.780. The topological polar surface area (TPSA) is 114 Å². The van der Waals surface area contributed by atoms with Crippen LogP contribution in [0.15, 0.2) is 59.1 Å². The van der Waals surface area contributed by atoms with E-state index in [-0.39, 0.29) is 17.9 Å². The van der Waals surface area contributed by atoms with Crippen LogP contribution in [0.1, 0.15) is 17.0 Å². The minimum absolute atomic E-state index is 0.00142. The second-order valence-electron chi connectivity index (χ2n) is 7.16. The number of aromatic nitrogens is 2. The molecule has 1 heterocycles. The van der Waals surface area contributed by atoms with Gasteiger partial charge in [-0.15, -0.1) is 0 Å². The highest BCUT2D eigenvalue weighted by Gasteiger charge is 2.14. The van der Waals surface area contributed by atoms with Gasteiger partial charge in [-0.05, 0) is 75.6 Å².